The Balaban J connectivity index is 2.46. The van der Waals surface area contributed by atoms with Crippen LogP contribution in [0, 0.1) is 12.7 Å². The van der Waals surface area contributed by atoms with Gasteiger partial charge in [0.25, 0.3) is 0 Å². The molecule has 82 valence electrons. The third kappa shape index (κ3) is 1.91. The van der Waals surface area contributed by atoms with Crippen molar-refractivity contribution in [2.24, 2.45) is 0 Å². The molecule has 0 atom stereocenters. The summed E-state index contributed by atoms with van der Waals surface area (Å²) in [5.41, 5.74) is 2.15. The maximum absolute atomic E-state index is 13.8. The first-order valence-corrected chi connectivity index (χ1v) is 5.12. The van der Waals surface area contributed by atoms with E-state index in [1.165, 1.54) is 0 Å². The van der Waals surface area contributed by atoms with Crippen LogP contribution in [0.3, 0.4) is 0 Å². The highest BCUT2D eigenvalue weighted by Crippen LogP contribution is 2.26. The Hall–Kier alpha value is -1.83. The van der Waals surface area contributed by atoms with E-state index < -0.39 is 0 Å². The molecule has 2 heteroatoms. The third-order valence-corrected chi connectivity index (χ3v) is 2.59. The summed E-state index contributed by atoms with van der Waals surface area (Å²) in [5.74, 6) is 0.615. The monoisotopic (exact) mass is 216 g/mol. The average molecular weight is 216 g/mol. The van der Waals surface area contributed by atoms with E-state index in [1.54, 1.807) is 26.2 Å². The zero-order valence-corrected chi connectivity index (χ0v) is 9.33. The maximum atomic E-state index is 13.8. The number of hydrogen-bond acceptors (Lipinski definition) is 1. The van der Waals surface area contributed by atoms with E-state index in [-0.39, 0.29) is 5.82 Å². The van der Waals surface area contributed by atoms with Gasteiger partial charge in [-0.05, 0) is 30.2 Å². The molecule has 0 unspecified atom stereocenters. The summed E-state index contributed by atoms with van der Waals surface area (Å²) >= 11 is 0. The lowest BCUT2D eigenvalue weighted by Gasteiger charge is -2.06. The minimum absolute atomic E-state index is 0.160. The second-order valence-corrected chi connectivity index (χ2v) is 3.66. The molecule has 2 aromatic rings. The summed E-state index contributed by atoms with van der Waals surface area (Å²) in [4.78, 5) is 0. The molecule has 0 aliphatic heterocycles. The Kier molecular flexibility index (Phi) is 2.91. The topological polar surface area (TPSA) is 9.23 Å². The molecule has 0 heterocycles. The van der Waals surface area contributed by atoms with Crippen LogP contribution in [0.1, 0.15) is 5.56 Å². The molecule has 0 fully saturated rings. The van der Waals surface area contributed by atoms with E-state index in [4.69, 9.17) is 4.74 Å². The number of methoxy groups -OCH3 is 1. The molecule has 0 saturated carbocycles. The van der Waals surface area contributed by atoms with Gasteiger partial charge in [-0.25, -0.2) is 4.39 Å². The predicted octanol–water partition coefficient (Wildman–Crippen LogP) is 3.81. The van der Waals surface area contributed by atoms with Crippen molar-refractivity contribution in [1.82, 2.24) is 0 Å². The zero-order valence-electron chi connectivity index (χ0n) is 9.33. The van der Waals surface area contributed by atoms with Gasteiger partial charge in [0, 0.05) is 5.56 Å². The molecular weight excluding hydrogens is 203 g/mol. The minimum atomic E-state index is -0.160. The van der Waals surface area contributed by atoms with Gasteiger partial charge in [0.15, 0.2) is 0 Å². The zero-order chi connectivity index (χ0) is 11.5. The molecule has 2 aromatic carbocycles. The van der Waals surface area contributed by atoms with Crippen molar-refractivity contribution in [1.29, 1.82) is 0 Å². The van der Waals surface area contributed by atoms with Crippen LogP contribution in [0.5, 0.6) is 5.75 Å². The average Bonchev–Trinajstić information content (AvgIpc) is 2.33. The smallest absolute Gasteiger partial charge is 0.133 e. The summed E-state index contributed by atoms with van der Waals surface area (Å²) in [6.07, 6.45) is 0. The highest BCUT2D eigenvalue weighted by atomic mass is 19.1. The van der Waals surface area contributed by atoms with Crippen molar-refractivity contribution in [3.63, 3.8) is 0 Å². The largest absolute Gasteiger partial charge is 0.497 e. The van der Waals surface area contributed by atoms with E-state index >= 15 is 0 Å². The Morgan fingerprint density at radius 3 is 2.31 bits per heavy atom. The van der Waals surface area contributed by atoms with E-state index in [2.05, 4.69) is 0 Å². The Bertz CT molecular complexity index is 489. The Morgan fingerprint density at radius 1 is 1.00 bits per heavy atom. The summed E-state index contributed by atoms with van der Waals surface area (Å²) in [5, 5.41) is 0. The van der Waals surface area contributed by atoms with Crippen LogP contribution in [-0.2, 0) is 0 Å². The summed E-state index contributed by atoms with van der Waals surface area (Å²) in [6, 6.07) is 12.8. The van der Waals surface area contributed by atoms with Gasteiger partial charge in [0.2, 0.25) is 0 Å². The fraction of sp³-hybridized carbons (Fsp3) is 0.143. The van der Waals surface area contributed by atoms with E-state index in [9.17, 15) is 4.39 Å². The quantitative estimate of drug-likeness (QED) is 0.741. The van der Waals surface area contributed by atoms with Crippen molar-refractivity contribution in [3.8, 4) is 16.9 Å². The molecule has 0 bridgehead atoms. The first-order chi connectivity index (χ1) is 7.72. The third-order valence-electron chi connectivity index (χ3n) is 2.59. The second kappa shape index (κ2) is 4.35. The molecular formula is C14H13FO. The molecule has 0 aliphatic rings. The number of aryl methyl sites for hydroxylation is 1. The van der Waals surface area contributed by atoms with Crippen LogP contribution < -0.4 is 4.74 Å². The minimum Gasteiger partial charge on any atom is -0.497 e. The van der Waals surface area contributed by atoms with Gasteiger partial charge >= 0.3 is 0 Å². The molecule has 0 N–H and O–H groups in total. The number of ether oxygens (including phenoxy) is 1. The van der Waals surface area contributed by atoms with Crippen LogP contribution in [0.15, 0.2) is 42.5 Å². The predicted molar refractivity (Wildman–Crippen MR) is 63.1 cm³/mol. The van der Waals surface area contributed by atoms with Gasteiger partial charge < -0.3 is 4.74 Å². The molecule has 16 heavy (non-hydrogen) atoms. The van der Waals surface area contributed by atoms with Crippen LogP contribution in [-0.4, -0.2) is 7.11 Å². The number of halogens is 1. The van der Waals surface area contributed by atoms with Crippen molar-refractivity contribution < 1.29 is 9.13 Å². The van der Waals surface area contributed by atoms with Crippen molar-refractivity contribution in [3.05, 3.63) is 53.8 Å². The van der Waals surface area contributed by atoms with Gasteiger partial charge in [0.1, 0.15) is 11.6 Å². The Morgan fingerprint density at radius 2 is 1.69 bits per heavy atom. The van der Waals surface area contributed by atoms with Crippen LogP contribution in [0.2, 0.25) is 0 Å². The first kappa shape index (κ1) is 10.7. The fourth-order valence-corrected chi connectivity index (χ4v) is 1.64. The molecule has 0 aliphatic carbocycles. The normalized spacial score (nSPS) is 10.2. The highest BCUT2D eigenvalue weighted by Gasteiger charge is 2.06. The van der Waals surface area contributed by atoms with Gasteiger partial charge in [-0.15, -0.1) is 0 Å². The molecule has 1 nitrogen and oxygen atoms in total. The first-order valence-electron chi connectivity index (χ1n) is 5.12. The second-order valence-electron chi connectivity index (χ2n) is 3.66. The van der Waals surface area contributed by atoms with Crippen molar-refractivity contribution in [2.45, 2.75) is 6.92 Å². The molecule has 0 aromatic heterocycles. The maximum Gasteiger partial charge on any atom is 0.133 e. The Labute approximate surface area is 94.5 Å². The van der Waals surface area contributed by atoms with Gasteiger partial charge in [-0.3, -0.25) is 0 Å². The summed E-state index contributed by atoms with van der Waals surface area (Å²) in [6.45, 7) is 1.77. The molecule has 2 rings (SSSR count). The fourth-order valence-electron chi connectivity index (χ4n) is 1.64. The SMILES string of the molecule is COc1ccc(-c2cccc(C)c2F)cc1. The van der Waals surface area contributed by atoms with Gasteiger partial charge in [0.05, 0.1) is 7.11 Å². The number of hydrogen-bond donors (Lipinski definition) is 0. The molecule has 0 radical (unpaired) electrons. The lowest BCUT2D eigenvalue weighted by Crippen LogP contribution is -1.88. The summed E-state index contributed by atoms with van der Waals surface area (Å²) in [7, 11) is 1.61. The van der Waals surface area contributed by atoms with Crippen LogP contribution >= 0.6 is 0 Å². The van der Waals surface area contributed by atoms with E-state index in [0.29, 0.717) is 11.1 Å². The lowest BCUT2D eigenvalue weighted by molar-refractivity contribution is 0.415. The molecule has 0 saturated heterocycles. The van der Waals surface area contributed by atoms with Crippen molar-refractivity contribution in [2.75, 3.05) is 7.11 Å². The number of rotatable bonds is 2. The van der Waals surface area contributed by atoms with Crippen LogP contribution in [0.25, 0.3) is 11.1 Å². The standard InChI is InChI=1S/C14H13FO/c1-10-4-3-5-13(14(10)15)11-6-8-12(16-2)9-7-11/h3-9H,1-2H3. The molecule has 0 spiro atoms. The van der Waals surface area contributed by atoms with Crippen LogP contribution in [0.4, 0.5) is 4.39 Å². The van der Waals surface area contributed by atoms with E-state index in [1.807, 2.05) is 30.3 Å². The highest BCUT2D eigenvalue weighted by molar-refractivity contribution is 5.65. The molecule has 0 amide bonds. The summed E-state index contributed by atoms with van der Waals surface area (Å²) < 4.78 is 18.9. The van der Waals surface area contributed by atoms with Gasteiger partial charge in [-0.2, -0.15) is 0 Å². The number of benzene rings is 2. The van der Waals surface area contributed by atoms with Gasteiger partial charge in [-0.1, -0.05) is 30.3 Å². The lowest BCUT2D eigenvalue weighted by atomic mass is 10.0. The van der Waals surface area contributed by atoms with E-state index in [0.717, 1.165) is 11.3 Å². The van der Waals surface area contributed by atoms with Crippen molar-refractivity contribution >= 4 is 0 Å².